The number of hydrogen-bond acceptors (Lipinski definition) is 1. The number of aryl methyl sites for hydroxylation is 1. The molecule has 1 aromatic rings. The third kappa shape index (κ3) is 3.48. The second-order valence-corrected chi connectivity index (χ2v) is 4.75. The average molecular weight is 246 g/mol. The minimum Gasteiger partial charge on any atom is -0.272 e. The van der Waals surface area contributed by atoms with Crippen molar-refractivity contribution in [2.75, 3.05) is 0 Å². The standard InChI is InChI=1S/C12H17F3N2/c13-12(14,15)11-7-9-17(16-11)8-3-6-10-4-1-2-5-10/h7,9-10H,1-6,8H2. The quantitative estimate of drug-likeness (QED) is 0.788. The molecule has 0 aromatic carbocycles. The number of alkyl halides is 3. The molecule has 1 fully saturated rings. The van der Waals surface area contributed by atoms with Gasteiger partial charge < -0.3 is 0 Å². The van der Waals surface area contributed by atoms with Crippen molar-refractivity contribution in [3.63, 3.8) is 0 Å². The Morgan fingerprint density at radius 1 is 1.29 bits per heavy atom. The van der Waals surface area contributed by atoms with Crippen LogP contribution in [0.2, 0.25) is 0 Å². The molecule has 0 amide bonds. The number of hydrogen-bond donors (Lipinski definition) is 0. The molecule has 0 radical (unpaired) electrons. The molecule has 5 heteroatoms. The maximum atomic E-state index is 12.3. The van der Waals surface area contributed by atoms with Gasteiger partial charge in [-0.05, 0) is 24.8 Å². The van der Waals surface area contributed by atoms with E-state index in [9.17, 15) is 13.2 Å². The second-order valence-electron chi connectivity index (χ2n) is 4.75. The van der Waals surface area contributed by atoms with E-state index in [2.05, 4.69) is 5.10 Å². The summed E-state index contributed by atoms with van der Waals surface area (Å²) in [5, 5.41) is 3.54. The molecule has 0 aliphatic heterocycles. The van der Waals surface area contributed by atoms with E-state index >= 15 is 0 Å². The van der Waals surface area contributed by atoms with Crippen LogP contribution in [0.15, 0.2) is 12.3 Å². The van der Waals surface area contributed by atoms with Crippen molar-refractivity contribution in [2.45, 2.75) is 51.2 Å². The van der Waals surface area contributed by atoms with Crippen molar-refractivity contribution < 1.29 is 13.2 Å². The first-order valence-electron chi connectivity index (χ1n) is 6.16. The number of rotatable bonds is 4. The molecule has 0 unspecified atom stereocenters. The smallest absolute Gasteiger partial charge is 0.272 e. The first-order chi connectivity index (χ1) is 8.05. The van der Waals surface area contributed by atoms with Gasteiger partial charge in [0.25, 0.3) is 0 Å². The fourth-order valence-corrected chi connectivity index (χ4v) is 2.48. The summed E-state index contributed by atoms with van der Waals surface area (Å²) in [6.45, 7) is 0.590. The normalized spacial score (nSPS) is 17.8. The van der Waals surface area contributed by atoms with Gasteiger partial charge in [0.15, 0.2) is 5.69 Å². The van der Waals surface area contributed by atoms with Crippen LogP contribution in [0, 0.1) is 5.92 Å². The Morgan fingerprint density at radius 2 is 2.00 bits per heavy atom. The summed E-state index contributed by atoms with van der Waals surface area (Å²) in [6.07, 6.45) is 4.31. The molecular formula is C12H17F3N2. The number of halogens is 3. The summed E-state index contributed by atoms with van der Waals surface area (Å²) in [6, 6.07) is 1.04. The summed E-state index contributed by atoms with van der Waals surface area (Å²) in [5.74, 6) is 0.785. The van der Waals surface area contributed by atoms with Gasteiger partial charge in [-0.3, -0.25) is 4.68 Å². The molecule has 1 saturated carbocycles. The Kier molecular flexibility index (Phi) is 3.74. The molecule has 2 rings (SSSR count). The Bertz CT molecular complexity index is 351. The van der Waals surface area contributed by atoms with Crippen LogP contribution >= 0.6 is 0 Å². The van der Waals surface area contributed by atoms with E-state index in [4.69, 9.17) is 0 Å². The van der Waals surface area contributed by atoms with Gasteiger partial charge in [-0.2, -0.15) is 18.3 Å². The van der Waals surface area contributed by atoms with E-state index in [1.54, 1.807) is 0 Å². The number of aromatic nitrogens is 2. The lowest BCUT2D eigenvalue weighted by Crippen LogP contribution is -2.08. The largest absolute Gasteiger partial charge is 0.435 e. The van der Waals surface area contributed by atoms with Crippen molar-refractivity contribution in [3.05, 3.63) is 18.0 Å². The van der Waals surface area contributed by atoms with Crippen LogP contribution in [0.1, 0.15) is 44.2 Å². The highest BCUT2D eigenvalue weighted by molar-refractivity contribution is 5.03. The molecule has 1 heterocycles. The Labute approximate surface area is 98.8 Å². The molecule has 0 N–H and O–H groups in total. The fourth-order valence-electron chi connectivity index (χ4n) is 2.48. The van der Waals surface area contributed by atoms with E-state index in [1.165, 1.54) is 36.6 Å². The lowest BCUT2D eigenvalue weighted by atomic mass is 10.0. The maximum absolute atomic E-state index is 12.3. The summed E-state index contributed by atoms with van der Waals surface area (Å²) in [5.41, 5.74) is -0.793. The van der Waals surface area contributed by atoms with E-state index in [0.717, 1.165) is 24.8 Å². The van der Waals surface area contributed by atoms with Gasteiger partial charge in [-0.1, -0.05) is 25.7 Å². The monoisotopic (exact) mass is 246 g/mol. The van der Waals surface area contributed by atoms with Crippen molar-refractivity contribution in [3.8, 4) is 0 Å². The zero-order valence-electron chi connectivity index (χ0n) is 9.71. The van der Waals surface area contributed by atoms with Gasteiger partial charge >= 0.3 is 6.18 Å². The fraction of sp³-hybridized carbons (Fsp3) is 0.750. The second kappa shape index (κ2) is 5.10. The van der Waals surface area contributed by atoms with Crippen molar-refractivity contribution in [1.29, 1.82) is 0 Å². The topological polar surface area (TPSA) is 17.8 Å². The molecule has 0 spiro atoms. The zero-order chi connectivity index (χ0) is 12.3. The first kappa shape index (κ1) is 12.5. The Morgan fingerprint density at radius 3 is 2.59 bits per heavy atom. The van der Waals surface area contributed by atoms with E-state index in [-0.39, 0.29) is 0 Å². The molecule has 0 bridgehead atoms. The molecule has 1 aromatic heterocycles. The zero-order valence-corrected chi connectivity index (χ0v) is 9.71. The van der Waals surface area contributed by atoms with Crippen LogP contribution in [0.4, 0.5) is 13.2 Å². The van der Waals surface area contributed by atoms with Crippen LogP contribution < -0.4 is 0 Å². The molecule has 96 valence electrons. The van der Waals surface area contributed by atoms with Crippen LogP contribution in [0.3, 0.4) is 0 Å². The van der Waals surface area contributed by atoms with Crippen LogP contribution in [-0.2, 0) is 12.7 Å². The highest BCUT2D eigenvalue weighted by atomic mass is 19.4. The maximum Gasteiger partial charge on any atom is 0.435 e. The van der Waals surface area contributed by atoms with Gasteiger partial charge in [0.1, 0.15) is 0 Å². The van der Waals surface area contributed by atoms with Crippen LogP contribution in [-0.4, -0.2) is 9.78 Å². The van der Waals surface area contributed by atoms with Gasteiger partial charge in [-0.25, -0.2) is 0 Å². The van der Waals surface area contributed by atoms with E-state index < -0.39 is 11.9 Å². The molecule has 17 heavy (non-hydrogen) atoms. The lowest BCUT2D eigenvalue weighted by molar-refractivity contribution is -0.141. The molecular weight excluding hydrogens is 229 g/mol. The molecule has 2 nitrogen and oxygen atoms in total. The Hall–Kier alpha value is -1.00. The van der Waals surface area contributed by atoms with Crippen LogP contribution in [0.25, 0.3) is 0 Å². The first-order valence-corrected chi connectivity index (χ1v) is 6.16. The van der Waals surface area contributed by atoms with Gasteiger partial charge in [-0.15, -0.1) is 0 Å². The minimum atomic E-state index is -4.32. The molecule has 0 saturated heterocycles. The van der Waals surface area contributed by atoms with Gasteiger partial charge in [0, 0.05) is 12.7 Å². The average Bonchev–Trinajstić information content (AvgIpc) is 2.86. The molecule has 0 atom stereocenters. The highest BCUT2D eigenvalue weighted by Gasteiger charge is 2.33. The van der Waals surface area contributed by atoms with Crippen molar-refractivity contribution in [2.24, 2.45) is 5.92 Å². The number of nitrogens with zero attached hydrogens (tertiary/aromatic N) is 2. The summed E-state index contributed by atoms with van der Waals surface area (Å²) in [7, 11) is 0. The predicted molar refractivity (Wildman–Crippen MR) is 58.4 cm³/mol. The lowest BCUT2D eigenvalue weighted by Gasteiger charge is -2.08. The molecule has 1 aliphatic carbocycles. The third-order valence-electron chi connectivity index (χ3n) is 3.41. The summed E-state index contributed by atoms with van der Waals surface area (Å²) in [4.78, 5) is 0. The van der Waals surface area contributed by atoms with Crippen molar-refractivity contribution >= 4 is 0 Å². The van der Waals surface area contributed by atoms with Crippen molar-refractivity contribution in [1.82, 2.24) is 9.78 Å². The highest BCUT2D eigenvalue weighted by Crippen LogP contribution is 2.29. The summed E-state index contributed by atoms with van der Waals surface area (Å²) >= 11 is 0. The predicted octanol–water partition coefficient (Wildman–Crippen LogP) is 3.87. The van der Waals surface area contributed by atoms with E-state index in [0.29, 0.717) is 6.54 Å². The SMILES string of the molecule is FC(F)(F)c1ccn(CCCC2CCCC2)n1. The van der Waals surface area contributed by atoms with E-state index in [1.807, 2.05) is 0 Å². The summed E-state index contributed by atoms with van der Waals surface area (Å²) < 4.78 is 38.3. The Balaban J connectivity index is 1.77. The van der Waals surface area contributed by atoms with Gasteiger partial charge in [0.05, 0.1) is 0 Å². The third-order valence-corrected chi connectivity index (χ3v) is 3.41. The van der Waals surface area contributed by atoms with Crippen LogP contribution in [0.5, 0.6) is 0 Å². The van der Waals surface area contributed by atoms with Gasteiger partial charge in [0.2, 0.25) is 0 Å². The molecule has 1 aliphatic rings. The minimum absolute atomic E-state index is 0.590.